The second-order valence-corrected chi connectivity index (χ2v) is 3.91. The lowest BCUT2D eigenvalue weighted by atomic mass is 10.2. The van der Waals surface area contributed by atoms with Crippen molar-refractivity contribution in [3.8, 4) is 0 Å². The van der Waals surface area contributed by atoms with Gasteiger partial charge in [0.1, 0.15) is 0 Å². The van der Waals surface area contributed by atoms with Gasteiger partial charge in [-0.3, -0.25) is 4.79 Å². The van der Waals surface area contributed by atoms with Gasteiger partial charge in [0.15, 0.2) is 0 Å². The van der Waals surface area contributed by atoms with E-state index in [9.17, 15) is 4.79 Å². The summed E-state index contributed by atoms with van der Waals surface area (Å²) in [6.45, 7) is 3.74. The normalized spacial score (nSPS) is 15.6. The highest BCUT2D eigenvalue weighted by Gasteiger charge is 2.31. The molecule has 0 N–H and O–H groups in total. The quantitative estimate of drug-likeness (QED) is 0.585. The number of ether oxygens (including phenoxy) is 1. The van der Waals surface area contributed by atoms with Crippen LogP contribution in [0.2, 0.25) is 0 Å². The number of amides is 1. The van der Waals surface area contributed by atoms with Gasteiger partial charge in [0.2, 0.25) is 5.91 Å². The van der Waals surface area contributed by atoms with Crippen molar-refractivity contribution >= 4 is 5.91 Å². The van der Waals surface area contributed by atoms with Gasteiger partial charge < -0.3 is 9.64 Å². The molecule has 3 nitrogen and oxygen atoms in total. The second-order valence-electron chi connectivity index (χ2n) is 3.91. The minimum atomic E-state index is 0.311. The Kier molecular flexibility index (Phi) is 4.94. The first-order valence-corrected chi connectivity index (χ1v) is 5.58. The summed E-state index contributed by atoms with van der Waals surface area (Å²) < 4.78 is 4.94. The molecule has 0 radical (unpaired) electrons. The molecule has 1 rings (SSSR count). The first-order valence-electron chi connectivity index (χ1n) is 5.58. The number of carbonyl (C=O) groups excluding carboxylic acids is 1. The van der Waals surface area contributed by atoms with Crippen molar-refractivity contribution in [3.63, 3.8) is 0 Å². The molecule has 0 unspecified atom stereocenters. The molecule has 0 spiro atoms. The molecule has 1 aliphatic rings. The topological polar surface area (TPSA) is 29.5 Å². The summed E-state index contributed by atoms with van der Waals surface area (Å²) >= 11 is 0. The molecule has 0 aromatic rings. The lowest BCUT2D eigenvalue weighted by Crippen LogP contribution is -2.33. The molecule has 0 aromatic heterocycles. The molecule has 3 heteroatoms. The Morgan fingerprint density at radius 1 is 1.50 bits per heavy atom. The van der Waals surface area contributed by atoms with Gasteiger partial charge in [0, 0.05) is 32.7 Å². The number of nitrogens with zero attached hydrogens (tertiary/aromatic N) is 1. The van der Waals surface area contributed by atoms with E-state index in [1.54, 1.807) is 7.11 Å². The van der Waals surface area contributed by atoms with E-state index in [-0.39, 0.29) is 0 Å². The van der Waals surface area contributed by atoms with E-state index in [2.05, 4.69) is 11.8 Å². The van der Waals surface area contributed by atoms with Crippen LogP contribution in [-0.4, -0.2) is 37.1 Å². The Balaban J connectivity index is 2.23. The van der Waals surface area contributed by atoms with E-state index in [1.165, 1.54) is 12.8 Å². The maximum absolute atomic E-state index is 11.8. The average molecular weight is 199 g/mol. The van der Waals surface area contributed by atoms with Crippen LogP contribution < -0.4 is 0 Å². The maximum Gasteiger partial charge on any atom is 0.222 e. The smallest absolute Gasteiger partial charge is 0.222 e. The van der Waals surface area contributed by atoms with Gasteiger partial charge >= 0.3 is 0 Å². The van der Waals surface area contributed by atoms with E-state index in [4.69, 9.17) is 4.74 Å². The number of hydrogen-bond donors (Lipinski definition) is 0. The van der Waals surface area contributed by atoms with E-state index < -0.39 is 0 Å². The molecule has 0 aliphatic heterocycles. The van der Waals surface area contributed by atoms with E-state index in [0.717, 1.165) is 19.4 Å². The lowest BCUT2D eigenvalue weighted by molar-refractivity contribution is -0.132. The van der Waals surface area contributed by atoms with Crippen molar-refractivity contribution in [1.82, 2.24) is 4.90 Å². The molecule has 1 aliphatic carbocycles. The summed E-state index contributed by atoms with van der Waals surface area (Å²) in [5.41, 5.74) is 0. The molecule has 1 amide bonds. The molecule has 0 aromatic carbocycles. The first kappa shape index (κ1) is 11.5. The van der Waals surface area contributed by atoms with Crippen molar-refractivity contribution in [2.24, 2.45) is 0 Å². The summed E-state index contributed by atoms with van der Waals surface area (Å²) in [6, 6.07) is 0.560. The molecule has 0 saturated heterocycles. The monoisotopic (exact) mass is 199 g/mol. The average Bonchev–Trinajstić information content (AvgIpc) is 2.98. The molecule has 0 bridgehead atoms. The Labute approximate surface area is 86.4 Å². The summed E-state index contributed by atoms with van der Waals surface area (Å²) in [6.07, 6.45) is 4.96. The molecule has 82 valence electrons. The van der Waals surface area contributed by atoms with E-state index >= 15 is 0 Å². The fourth-order valence-electron chi connectivity index (χ4n) is 1.65. The lowest BCUT2D eigenvalue weighted by Gasteiger charge is -2.21. The summed E-state index contributed by atoms with van der Waals surface area (Å²) in [4.78, 5) is 13.8. The molecule has 0 heterocycles. The zero-order valence-electron chi connectivity index (χ0n) is 9.29. The predicted octanol–water partition coefficient (Wildman–Crippen LogP) is 1.81. The number of methoxy groups -OCH3 is 1. The van der Waals surface area contributed by atoms with E-state index in [0.29, 0.717) is 25.0 Å². The van der Waals surface area contributed by atoms with Gasteiger partial charge in [0.25, 0.3) is 0 Å². The minimum Gasteiger partial charge on any atom is -0.385 e. The van der Waals surface area contributed by atoms with Crippen molar-refractivity contribution in [2.75, 3.05) is 20.3 Å². The van der Waals surface area contributed by atoms with Gasteiger partial charge in [0.05, 0.1) is 0 Å². The van der Waals surface area contributed by atoms with Crippen LogP contribution in [0.5, 0.6) is 0 Å². The molecule has 0 atom stereocenters. The zero-order chi connectivity index (χ0) is 10.4. The van der Waals surface area contributed by atoms with Crippen molar-refractivity contribution in [2.45, 2.75) is 45.1 Å². The highest BCUT2D eigenvalue weighted by molar-refractivity contribution is 5.76. The third-order valence-corrected chi connectivity index (χ3v) is 2.51. The molecular formula is C11H21NO2. The largest absolute Gasteiger partial charge is 0.385 e. The molecule has 1 saturated carbocycles. The third kappa shape index (κ3) is 3.66. The zero-order valence-corrected chi connectivity index (χ0v) is 9.29. The third-order valence-electron chi connectivity index (χ3n) is 2.51. The van der Waals surface area contributed by atoms with Gasteiger partial charge in [-0.25, -0.2) is 0 Å². The Morgan fingerprint density at radius 3 is 2.71 bits per heavy atom. The van der Waals surface area contributed by atoms with Crippen LogP contribution in [0.15, 0.2) is 0 Å². The minimum absolute atomic E-state index is 0.311. The van der Waals surface area contributed by atoms with E-state index in [1.807, 2.05) is 0 Å². The highest BCUT2D eigenvalue weighted by atomic mass is 16.5. The van der Waals surface area contributed by atoms with Crippen molar-refractivity contribution in [1.29, 1.82) is 0 Å². The van der Waals surface area contributed by atoms with Gasteiger partial charge in [-0.2, -0.15) is 0 Å². The SMILES string of the molecule is CCCN(C(=O)CCCOC)C1CC1. The second kappa shape index (κ2) is 6.02. The van der Waals surface area contributed by atoms with Gasteiger partial charge in [-0.05, 0) is 25.7 Å². The van der Waals surface area contributed by atoms with Crippen LogP contribution in [0.1, 0.15) is 39.0 Å². The Bertz CT molecular complexity index is 178. The van der Waals surface area contributed by atoms with Crippen LogP contribution in [0, 0.1) is 0 Å². The van der Waals surface area contributed by atoms with Crippen molar-refractivity contribution in [3.05, 3.63) is 0 Å². The summed E-state index contributed by atoms with van der Waals surface area (Å²) in [5.74, 6) is 0.311. The maximum atomic E-state index is 11.8. The number of carbonyl (C=O) groups is 1. The summed E-state index contributed by atoms with van der Waals surface area (Å²) in [5, 5.41) is 0. The van der Waals surface area contributed by atoms with Crippen molar-refractivity contribution < 1.29 is 9.53 Å². The fraction of sp³-hybridized carbons (Fsp3) is 0.909. The number of rotatable bonds is 7. The van der Waals surface area contributed by atoms with Crippen LogP contribution >= 0.6 is 0 Å². The number of hydrogen-bond acceptors (Lipinski definition) is 2. The predicted molar refractivity (Wildman–Crippen MR) is 56.1 cm³/mol. The molecule has 14 heavy (non-hydrogen) atoms. The molecular weight excluding hydrogens is 178 g/mol. The first-order chi connectivity index (χ1) is 6.79. The van der Waals surface area contributed by atoms with Crippen LogP contribution in [0.4, 0.5) is 0 Å². The van der Waals surface area contributed by atoms with Crippen LogP contribution in [0.3, 0.4) is 0 Å². The van der Waals surface area contributed by atoms with Crippen LogP contribution in [-0.2, 0) is 9.53 Å². The highest BCUT2D eigenvalue weighted by Crippen LogP contribution is 2.27. The summed E-state index contributed by atoms with van der Waals surface area (Å²) in [7, 11) is 1.68. The standard InChI is InChI=1S/C11H21NO2/c1-3-8-12(10-6-7-10)11(13)5-4-9-14-2/h10H,3-9H2,1-2H3. The van der Waals surface area contributed by atoms with Crippen LogP contribution in [0.25, 0.3) is 0 Å². The Hall–Kier alpha value is -0.570. The Morgan fingerprint density at radius 2 is 2.21 bits per heavy atom. The fourth-order valence-corrected chi connectivity index (χ4v) is 1.65. The molecule has 1 fully saturated rings. The van der Waals surface area contributed by atoms with Gasteiger partial charge in [-0.15, -0.1) is 0 Å². The van der Waals surface area contributed by atoms with Gasteiger partial charge in [-0.1, -0.05) is 6.92 Å².